The second kappa shape index (κ2) is 15.8. The number of rotatable bonds is 5. The Morgan fingerprint density at radius 1 is 0.589 bits per heavy atom. The fourth-order valence-electron chi connectivity index (χ4n) is 15.3. The molecular formula is C50H64N6. The molecule has 6 nitrogen and oxygen atoms in total. The van der Waals surface area contributed by atoms with Gasteiger partial charge in [0.1, 0.15) is 0 Å². The highest BCUT2D eigenvalue weighted by atomic mass is 15.4. The highest BCUT2D eigenvalue weighted by Gasteiger charge is 2.56. The Hall–Kier alpha value is -3.37. The van der Waals surface area contributed by atoms with Crippen LogP contribution in [0.25, 0.3) is 0 Å². The first kappa shape index (κ1) is 36.9. The molecule has 2 saturated heterocycles. The number of para-hydroxylation sites is 1. The van der Waals surface area contributed by atoms with E-state index in [0.717, 1.165) is 44.4 Å². The summed E-state index contributed by atoms with van der Waals surface area (Å²) in [5, 5.41) is 35.0. The molecule has 17 atom stereocenters. The molecule has 9 aliphatic rings. The number of likely N-dealkylation sites (tertiary alicyclic amines) is 1. The highest BCUT2D eigenvalue weighted by molar-refractivity contribution is 5.64. The molecule has 0 radical (unpaired) electrons. The van der Waals surface area contributed by atoms with Crippen molar-refractivity contribution in [2.24, 2.45) is 65.1 Å². The van der Waals surface area contributed by atoms with Crippen LogP contribution in [0.15, 0.2) is 60.7 Å². The summed E-state index contributed by atoms with van der Waals surface area (Å²) in [6.07, 6.45) is 36.7. The number of benzene rings is 1. The number of nitrogens with one attached hydrogen (secondary N) is 1. The van der Waals surface area contributed by atoms with Crippen LogP contribution < -0.4 is 10.2 Å². The molecule has 3 aliphatic heterocycles. The van der Waals surface area contributed by atoms with E-state index < -0.39 is 0 Å². The average Bonchev–Trinajstić information content (AvgIpc) is 3.78. The summed E-state index contributed by atoms with van der Waals surface area (Å²) >= 11 is 0. The molecule has 1 N–H and O–H groups in total. The van der Waals surface area contributed by atoms with Crippen LogP contribution >= 0.6 is 0 Å². The first-order valence-corrected chi connectivity index (χ1v) is 23.2. The summed E-state index contributed by atoms with van der Waals surface area (Å²) < 4.78 is 0. The monoisotopic (exact) mass is 749 g/mol. The molecule has 0 amide bonds. The average molecular weight is 749 g/mol. The summed E-state index contributed by atoms with van der Waals surface area (Å²) in [5.41, 5.74) is 2.96. The van der Waals surface area contributed by atoms with E-state index in [0.29, 0.717) is 65.5 Å². The molecule has 6 aliphatic carbocycles. The van der Waals surface area contributed by atoms with Gasteiger partial charge in [0.25, 0.3) is 0 Å². The molecule has 17 unspecified atom stereocenters. The zero-order chi connectivity index (χ0) is 37.8. The van der Waals surface area contributed by atoms with Crippen molar-refractivity contribution in [1.29, 1.82) is 15.8 Å². The number of allylic oxidation sites excluding steroid dienone is 4. The van der Waals surface area contributed by atoms with Crippen molar-refractivity contribution in [3.8, 4) is 18.2 Å². The van der Waals surface area contributed by atoms with E-state index in [1.807, 2.05) is 0 Å². The maximum absolute atomic E-state index is 10.4. The lowest BCUT2D eigenvalue weighted by atomic mass is 9.56. The van der Waals surface area contributed by atoms with Crippen LogP contribution in [0.5, 0.6) is 0 Å². The van der Waals surface area contributed by atoms with Crippen molar-refractivity contribution in [3.05, 3.63) is 66.3 Å². The van der Waals surface area contributed by atoms with Gasteiger partial charge in [-0.2, -0.15) is 15.8 Å². The SMILES string of the molecule is N#CC1C=CC2C(C1)C1CC(C#N)CCC1N2C1CC(C2CCCCC2C2CC=CCC2C2CCCCC2C#N)CC(N2c3ccccc3C3C=CCCC32)N1. The maximum atomic E-state index is 10.4. The molecule has 3 heterocycles. The number of anilines is 1. The minimum Gasteiger partial charge on any atom is -0.352 e. The largest absolute Gasteiger partial charge is 0.352 e. The second-order valence-corrected chi connectivity index (χ2v) is 19.9. The van der Waals surface area contributed by atoms with Crippen LogP contribution in [0.1, 0.15) is 127 Å². The second-order valence-electron chi connectivity index (χ2n) is 19.9. The predicted octanol–water partition coefficient (Wildman–Crippen LogP) is 10.4. The predicted molar refractivity (Wildman–Crippen MR) is 221 cm³/mol. The van der Waals surface area contributed by atoms with Crippen LogP contribution in [0.4, 0.5) is 5.69 Å². The van der Waals surface area contributed by atoms with Gasteiger partial charge in [0, 0.05) is 41.6 Å². The van der Waals surface area contributed by atoms with Crippen molar-refractivity contribution in [3.63, 3.8) is 0 Å². The zero-order valence-electron chi connectivity index (χ0n) is 33.6. The topological polar surface area (TPSA) is 89.9 Å². The summed E-state index contributed by atoms with van der Waals surface area (Å²) in [6, 6.07) is 18.7. The summed E-state index contributed by atoms with van der Waals surface area (Å²) in [4.78, 5) is 5.84. The third-order valence-electron chi connectivity index (χ3n) is 17.5. The quantitative estimate of drug-likeness (QED) is 0.302. The van der Waals surface area contributed by atoms with Crippen molar-refractivity contribution in [1.82, 2.24) is 10.2 Å². The number of hydrogen-bond acceptors (Lipinski definition) is 6. The number of nitriles is 3. The van der Waals surface area contributed by atoms with Crippen molar-refractivity contribution in [2.75, 3.05) is 4.90 Å². The Bertz CT molecular complexity index is 1810. The van der Waals surface area contributed by atoms with Gasteiger partial charge in [0.05, 0.1) is 36.5 Å². The Kier molecular flexibility index (Phi) is 10.4. The first-order chi connectivity index (χ1) is 27.6. The van der Waals surface area contributed by atoms with Gasteiger partial charge in [0.2, 0.25) is 0 Å². The number of fused-ring (bicyclic) bond motifs is 6. The summed E-state index contributed by atoms with van der Waals surface area (Å²) in [6.45, 7) is 0. The Labute approximate surface area is 337 Å². The third-order valence-corrected chi connectivity index (χ3v) is 17.5. The van der Waals surface area contributed by atoms with Crippen LogP contribution in [0.2, 0.25) is 0 Å². The normalized spacial score (nSPS) is 45.7. The number of piperidine rings is 1. The van der Waals surface area contributed by atoms with Crippen LogP contribution in [0, 0.1) is 99.1 Å². The summed E-state index contributed by atoms with van der Waals surface area (Å²) in [7, 11) is 0. The lowest BCUT2D eigenvalue weighted by molar-refractivity contribution is -0.0141. The molecule has 1 aromatic carbocycles. The molecule has 0 aromatic heterocycles. The van der Waals surface area contributed by atoms with E-state index >= 15 is 0 Å². The molecule has 0 spiro atoms. The van der Waals surface area contributed by atoms with Crippen LogP contribution in [-0.2, 0) is 0 Å². The molecule has 56 heavy (non-hydrogen) atoms. The van der Waals surface area contributed by atoms with Crippen LogP contribution in [0.3, 0.4) is 0 Å². The fourth-order valence-corrected chi connectivity index (χ4v) is 15.3. The smallest absolute Gasteiger partial charge is 0.0814 e. The lowest BCUT2D eigenvalue weighted by Gasteiger charge is -2.54. The molecule has 3 saturated carbocycles. The molecule has 1 aromatic rings. The van der Waals surface area contributed by atoms with Gasteiger partial charge in [-0.3, -0.25) is 10.2 Å². The van der Waals surface area contributed by atoms with Gasteiger partial charge in [0.15, 0.2) is 0 Å². The van der Waals surface area contributed by atoms with E-state index in [4.69, 9.17) is 0 Å². The maximum Gasteiger partial charge on any atom is 0.0814 e. The van der Waals surface area contributed by atoms with E-state index in [-0.39, 0.29) is 30.1 Å². The van der Waals surface area contributed by atoms with Crippen molar-refractivity contribution >= 4 is 5.69 Å². The molecule has 6 heteroatoms. The molecule has 5 fully saturated rings. The van der Waals surface area contributed by atoms with Crippen LogP contribution in [-0.4, -0.2) is 35.4 Å². The highest BCUT2D eigenvalue weighted by Crippen LogP contribution is 2.56. The van der Waals surface area contributed by atoms with Crippen molar-refractivity contribution in [2.45, 2.75) is 152 Å². The zero-order valence-corrected chi connectivity index (χ0v) is 33.6. The molecule has 294 valence electrons. The Balaban J connectivity index is 1.02. The number of nitrogens with zero attached hydrogens (tertiary/aromatic N) is 5. The van der Waals surface area contributed by atoms with Gasteiger partial charge in [-0.05, 0) is 149 Å². The standard InChI is InChI=1S/C50H64N6/c51-29-32-21-23-47-43(25-32)44-26-33(30-52)22-24-48(44)56(47)50-28-35(27-49(54-50)55-45-19-9-7-17-41(45)42-18-8-10-20-46(42)55)37-13-3-4-15-39(37)40-16-6-5-14-38(40)36-12-2-1-11-34(36)31-53/h5-9,17-19,21,23,32-40,42-44,46-50,54H,1-4,10-16,20,22,24-28H2. The number of hydrogen-bond donors (Lipinski definition) is 1. The lowest BCUT2D eigenvalue weighted by Crippen LogP contribution is -2.64. The van der Waals surface area contributed by atoms with Gasteiger partial charge >= 0.3 is 0 Å². The van der Waals surface area contributed by atoms with Gasteiger partial charge in [-0.1, -0.05) is 80.3 Å². The van der Waals surface area contributed by atoms with E-state index in [1.54, 1.807) is 0 Å². The molecule has 0 bridgehead atoms. The van der Waals surface area contributed by atoms with Gasteiger partial charge in [-0.15, -0.1) is 0 Å². The fraction of sp³-hybridized carbons (Fsp3) is 0.700. The van der Waals surface area contributed by atoms with E-state index in [1.165, 1.54) is 88.3 Å². The molecular weight excluding hydrogens is 685 g/mol. The first-order valence-electron chi connectivity index (χ1n) is 23.2. The summed E-state index contributed by atoms with van der Waals surface area (Å²) in [5.74, 6) is 5.77. The Morgan fingerprint density at radius 3 is 2.18 bits per heavy atom. The van der Waals surface area contributed by atoms with Gasteiger partial charge < -0.3 is 4.90 Å². The van der Waals surface area contributed by atoms with Crippen molar-refractivity contribution < 1.29 is 0 Å². The van der Waals surface area contributed by atoms with E-state index in [2.05, 4.69) is 94.0 Å². The molecule has 10 rings (SSSR count). The Morgan fingerprint density at radius 2 is 1.36 bits per heavy atom. The van der Waals surface area contributed by atoms with Gasteiger partial charge in [-0.25, -0.2) is 0 Å². The minimum absolute atomic E-state index is 0.0122. The van der Waals surface area contributed by atoms with E-state index in [9.17, 15) is 15.8 Å². The minimum atomic E-state index is -0.0122. The third kappa shape index (κ3) is 6.40.